The summed E-state index contributed by atoms with van der Waals surface area (Å²) in [5.74, 6) is 1.66. The Kier molecular flexibility index (Phi) is 8.05. The molecule has 1 atom stereocenters. The Hall–Kier alpha value is -4.40. The van der Waals surface area contributed by atoms with E-state index in [2.05, 4.69) is 51.8 Å². The Balaban J connectivity index is 1.43. The van der Waals surface area contributed by atoms with Crippen LogP contribution in [0.15, 0.2) is 60.9 Å². The van der Waals surface area contributed by atoms with Gasteiger partial charge in [-0.2, -0.15) is 0 Å². The minimum atomic E-state index is -0.902. The molecule has 2 aromatic carbocycles. The highest BCUT2D eigenvalue weighted by Crippen LogP contribution is 2.38. The third-order valence-corrected chi connectivity index (χ3v) is 6.98. The molecule has 0 radical (unpaired) electrons. The standard InChI is InChI=1S/C30H34N6O3/c1-3-4-15-31-25-11-5-9-23-22(25)13-12-20(2)27(23)39-28-24(10-6-16-32-28)26-14-17-33-29(35-26)34-21-8-7-18-36(19-21)30(37)38/h5-6,9-14,16-17,21,31H,3-4,7-8,15,18-19H2,1-2H3,(H,37,38)(H,33,34,35)/t21-/m0/s1. The molecule has 2 aromatic heterocycles. The fourth-order valence-electron chi connectivity index (χ4n) is 4.92. The van der Waals surface area contributed by atoms with Crippen LogP contribution in [-0.2, 0) is 0 Å². The molecular formula is C30H34N6O3. The molecule has 1 amide bonds. The van der Waals surface area contributed by atoms with Gasteiger partial charge in [-0.1, -0.05) is 37.6 Å². The van der Waals surface area contributed by atoms with Crippen molar-refractivity contribution in [3.63, 3.8) is 0 Å². The molecule has 1 fully saturated rings. The molecule has 0 unspecified atom stereocenters. The third-order valence-electron chi connectivity index (χ3n) is 6.98. The lowest BCUT2D eigenvalue weighted by molar-refractivity contribution is 0.132. The van der Waals surface area contributed by atoms with Crippen molar-refractivity contribution in [2.24, 2.45) is 0 Å². The van der Waals surface area contributed by atoms with Crippen molar-refractivity contribution in [3.8, 4) is 22.9 Å². The molecule has 202 valence electrons. The van der Waals surface area contributed by atoms with Gasteiger partial charge in [0, 0.05) is 54.5 Å². The van der Waals surface area contributed by atoms with Gasteiger partial charge in [-0.25, -0.2) is 19.7 Å². The summed E-state index contributed by atoms with van der Waals surface area (Å²) < 4.78 is 6.53. The van der Waals surface area contributed by atoms with Gasteiger partial charge in [-0.15, -0.1) is 0 Å². The lowest BCUT2D eigenvalue weighted by atomic mass is 10.0. The molecule has 1 saturated heterocycles. The molecule has 1 aliphatic heterocycles. The summed E-state index contributed by atoms with van der Waals surface area (Å²) in [6, 6.07) is 16.0. The highest BCUT2D eigenvalue weighted by Gasteiger charge is 2.24. The van der Waals surface area contributed by atoms with Gasteiger partial charge in [0.1, 0.15) is 5.75 Å². The Morgan fingerprint density at radius 2 is 2.00 bits per heavy atom. The van der Waals surface area contributed by atoms with Crippen LogP contribution in [0.2, 0.25) is 0 Å². The van der Waals surface area contributed by atoms with Gasteiger partial charge in [0.05, 0.1) is 11.3 Å². The lowest BCUT2D eigenvalue weighted by Gasteiger charge is -2.31. The van der Waals surface area contributed by atoms with Crippen molar-refractivity contribution in [1.82, 2.24) is 19.9 Å². The fraction of sp³-hybridized carbons (Fsp3) is 0.333. The molecule has 0 aliphatic carbocycles. The Bertz CT molecular complexity index is 1460. The highest BCUT2D eigenvalue weighted by atomic mass is 16.5. The fourth-order valence-corrected chi connectivity index (χ4v) is 4.92. The minimum Gasteiger partial charge on any atom is -0.465 e. The van der Waals surface area contributed by atoms with Crippen LogP contribution in [-0.4, -0.2) is 56.7 Å². The number of aryl methyl sites for hydroxylation is 1. The zero-order valence-electron chi connectivity index (χ0n) is 22.4. The van der Waals surface area contributed by atoms with Crippen molar-refractivity contribution in [2.45, 2.75) is 45.6 Å². The van der Waals surface area contributed by atoms with Crippen LogP contribution in [0.3, 0.4) is 0 Å². The van der Waals surface area contributed by atoms with Crippen LogP contribution < -0.4 is 15.4 Å². The van der Waals surface area contributed by atoms with Gasteiger partial charge in [0.25, 0.3) is 0 Å². The van der Waals surface area contributed by atoms with E-state index < -0.39 is 6.09 Å². The van der Waals surface area contributed by atoms with Crippen LogP contribution in [0, 0.1) is 6.92 Å². The number of aromatic nitrogens is 3. The normalized spacial score (nSPS) is 15.2. The average molecular weight is 527 g/mol. The molecule has 0 bridgehead atoms. The number of carbonyl (C=O) groups is 1. The van der Waals surface area contributed by atoms with E-state index >= 15 is 0 Å². The maximum absolute atomic E-state index is 11.4. The van der Waals surface area contributed by atoms with E-state index in [4.69, 9.17) is 9.72 Å². The van der Waals surface area contributed by atoms with Crippen molar-refractivity contribution in [2.75, 3.05) is 30.3 Å². The zero-order valence-corrected chi connectivity index (χ0v) is 22.4. The maximum Gasteiger partial charge on any atom is 0.407 e. The number of amides is 1. The number of carboxylic acid groups (broad SMARTS) is 1. The van der Waals surface area contributed by atoms with E-state index in [0.29, 0.717) is 30.6 Å². The molecule has 0 spiro atoms. The predicted octanol–water partition coefficient (Wildman–Crippen LogP) is 6.56. The highest BCUT2D eigenvalue weighted by molar-refractivity contribution is 5.98. The second-order valence-corrected chi connectivity index (χ2v) is 9.83. The van der Waals surface area contributed by atoms with Gasteiger partial charge in [0.15, 0.2) is 0 Å². The second-order valence-electron chi connectivity index (χ2n) is 9.83. The summed E-state index contributed by atoms with van der Waals surface area (Å²) in [7, 11) is 0. The quantitative estimate of drug-likeness (QED) is 0.210. The molecule has 1 aliphatic rings. The molecule has 3 N–H and O–H groups in total. The number of rotatable bonds is 9. The van der Waals surface area contributed by atoms with Crippen molar-refractivity contribution in [1.29, 1.82) is 0 Å². The number of fused-ring (bicyclic) bond motifs is 1. The van der Waals surface area contributed by atoms with Crippen LogP contribution >= 0.6 is 0 Å². The maximum atomic E-state index is 11.4. The van der Waals surface area contributed by atoms with Crippen LogP contribution in [0.1, 0.15) is 38.2 Å². The number of nitrogens with one attached hydrogen (secondary N) is 2. The topological polar surface area (TPSA) is 112 Å². The molecule has 0 saturated carbocycles. The van der Waals surface area contributed by atoms with Gasteiger partial charge in [-0.3, -0.25) is 0 Å². The number of unbranched alkanes of at least 4 members (excludes halogenated alkanes) is 1. The average Bonchev–Trinajstić information content (AvgIpc) is 2.95. The summed E-state index contributed by atoms with van der Waals surface area (Å²) >= 11 is 0. The third kappa shape index (κ3) is 6.03. The lowest BCUT2D eigenvalue weighted by Crippen LogP contribution is -2.44. The van der Waals surface area contributed by atoms with Crippen LogP contribution in [0.25, 0.3) is 22.0 Å². The number of nitrogens with zero attached hydrogens (tertiary/aromatic N) is 4. The molecule has 4 aromatic rings. The number of likely N-dealkylation sites (tertiary alicyclic amines) is 1. The van der Waals surface area contributed by atoms with Gasteiger partial charge in [-0.05, 0) is 56.0 Å². The zero-order chi connectivity index (χ0) is 27.2. The summed E-state index contributed by atoms with van der Waals surface area (Å²) in [6.07, 6.45) is 6.39. The molecule has 39 heavy (non-hydrogen) atoms. The number of anilines is 2. The molecule has 9 heteroatoms. The van der Waals surface area contributed by atoms with Crippen LogP contribution in [0.5, 0.6) is 11.6 Å². The number of ether oxygens (including phenoxy) is 1. The van der Waals surface area contributed by atoms with E-state index in [-0.39, 0.29) is 6.04 Å². The molecular weight excluding hydrogens is 492 g/mol. The molecule has 5 rings (SSSR count). The summed E-state index contributed by atoms with van der Waals surface area (Å²) in [6.45, 7) is 6.09. The molecule has 3 heterocycles. The molecule has 9 nitrogen and oxygen atoms in total. The van der Waals surface area contributed by atoms with E-state index in [1.165, 1.54) is 4.90 Å². The van der Waals surface area contributed by atoms with E-state index in [1.54, 1.807) is 12.4 Å². The van der Waals surface area contributed by atoms with Crippen molar-refractivity contribution >= 4 is 28.5 Å². The Labute approximate surface area is 228 Å². The minimum absolute atomic E-state index is 0.0480. The number of hydrogen-bond donors (Lipinski definition) is 3. The van der Waals surface area contributed by atoms with Gasteiger partial charge >= 0.3 is 6.09 Å². The Morgan fingerprint density at radius 3 is 2.85 bits per heavy atom. The van der Waals surface area contributed by atoms with Crippen molar-refractivity contribution < 1.29 is 14.6 Å². The second kappa shape index (κ2) is 12.0. The first kappa shape index (κ1) is 26.2. The first-order valence-corrected chi connectivity index (χ1v) is 13.5. The van der Waals surface area contributed by atoms with Crippen molar-refractivity contribution in [3.05, 3.63) is 66.5 Å². The summed E-state index contributed by atoms with van der Waals surface area (Å²) in [4.78, 5) is 26.5. The largest absolute Gasteiger partial charge is 0.465 e. The number of piperidine rings is 1. The summed E-state index contributed by atoms with van der Waals surface area (Å²) in [5, 5.41) is 18.3. The number of hydrogen-bond acceptors (Lipinski definition) is 7. The van der Waals surface area contributed by atoms with E-state index in [9.17, 15) is 9.90 Å². The SMILES string of the molecule is CCCCNc1cccc2c(Oc3ncccc3-c3ccnc(N[C@H]4CCCN(C(=O)O)C4)n3)c(C)ccc12. The first-order valence-electron chi connectivity index (χ1n) is 13.5. The van der Waals surface area contributed by atoms with E-state index in [1.807, 2.05) is 31.2 Å². The van der Waals surface area contributed by atoms with Crippen LogP contribution in [0.4, 0.5) is 16.4 Å². The predicted molar refractivity (Wildman–Crippen MR) is 154 cm³/mol. The Morgan fingerprint density at radius 1 is 1.10 bits per heavy atom. The summed E-state index contributed by atoms with van der Waals surface area (Å²) in [5.41, 5.74) is 3.51. The first-order chi connectivity index (χ1) is 19.0. The number of pyridine rings is 1. The van der Waals surface area contributed by atoms with Gasteiger partial charge < -0.3 is 25.4 Å². The number of benzene rings is 2. The van der Waals surface area contributed by atoms with E-state index in [0.717, 1.165) is 65.6 Å². The van der Waals surface area contributed by atoms with Gasteiger partial charge in [0.2, 0.25) is 11.8 Å². The smallest absolute Gasteiger partial charge is 0.407 e. The monoisotopic (exact) mass is 526 g/mol.